The highest BCUT2D eigenvalue weighted by Crippen LogP contribution is 2.32. The molecule has 1 aliphatic rings. The van der Waals surface area contributed by atoms with Gasteiger partial charge in [-0.15, -0.1) is 0 Å². The van der Waals surface area contributed by atoms with Gasteiger partial charge >= 0.3 is 5.97 Å². The van der Waals surface area contributed by atoms with Gasteiger partial charge in [0.1, 0.15) is 10.9 Å². The van der Waals surface area contributed by atoms with E-state index in [0.717, 1.165) is 34.9 Å². The van der Waals surface area contributed by atoms with E-state index in [1.54, 1.807) is 0 Å². The Morgan fingerprint density at radius 2 is 1.59 bits per heavy atom. The van der Waals surface area contributed by atoms with E-state index >= 15 is 0 Å². The van der Waals surface area contributed by atoms with Gasteiger partial charge in [0, 0.05) is 23.3 Å². The molecule has 1 fully saturated rings. The van der Waals surface area contributed by atoms with Crippen LogP contribution in [-0.2, 0) is 9.59 Å². The van der Waals surface area contributed by atoms with Gasteiger partial charge in [-0.2, -0.15) is 0 Å². The number of benzene rings is 2. The second-order valence-electron chi connectivity index (χ2n) is 6.37. The number of carbonyl (C=O) groups excluding carboxylic acids is 2. The van der Waals surface area contributed by atoms with Crippen molar-refractivity contribution in [2.45, 2.75) is 0 Å². The average Bonchev–Trinajstić information content (AvgIpc) is 3.00. The summed E-state index contributed by atoms with van der Waals surface area (Å²) in [6.45, 7) is -0.551. The average molecular weight is 473 g/mol. The maximum Gasteiger partial charge on any atom is 0.323 e. The number of hydrogen-bond donors (Lipinski definition) is 1. The lowest BCUT2D eigenvalue weighted by molar-refractivity contribution is -0.394. The van der Waals surface area contributed by atoms with E-state index in [2.05, 4.69) is 0 Å². The molecular formula is C19H11N3O8S2. The molecule has 13 heteroatoms. The molecule has 0 unspecified atom stereocenters. The third-order valence-corrected chi connectivity index (χ3v) is 5.60. The molecular weight excluding hydrogens is 462 g/mol. The molecule has 2 aromatic carbocycles. The van der Waals surface area contributed by atoms with Crippen molar-refractivity contribution in [1.29, 1.82) is 0 Å². The molecule has 1 N–H and O–H groups in total. The second-order valence-corrected chi connectivity index (χ2v) is 8.04. The first-order valence-electron chi connectivity index (χ1n) is 8.62. The van der Waals surface area contributed by atoms with Crippen molar-refractivity contribution < 1.29 is 29.3 Å². The van der Waals surface area contributed by atoms with E-state index in [1.165, 1.54) is 30.3 Å². The van der Waals surface area contributed by atoms with Gasteiger partial charge in [-0.1, -0.05) is 48.2 Å². The number of nitro benzene ring substituents is 2. The molecule has 1 heterocycles. The number of thioether (sulfide) groups is 1. The summed E-state index contributed by atoms with van der Waals surface area (Å²) in [6, 6.07) is 8.48. The SMILES string of the molecule is O=C(O)CN1C(=O)C(=Cc2ccc(C(=O)c3cc([N+](=O)[O-])cc([N+](=O)[O-])c3)cc2)SC1=S. The Balaban J connectivity index is 1.86. The van der Waals surface area contributed by atoms with Crippen LogP contribution in [0, 0.1) is 20.2 Å². The van der Waals surface area contributed by atoms with E-state index in [0.29, 0.717) is 5.56 Å². The molecule has 0 radical (unpaired) electrons. The number of aliphatic carboxylic acids is 1. The highest BCUT2D eigenvalue weighted by Gasteiger charge is 2.33. The molecule has 162 valence electrons. The third-order valence-electron chi connectivity index (χ3n) is 4.22. The normalized spacial score (nSPS) is 14.6. The van der Waals surface area contributed by atoms with Gasteiger partial charge < -0.3 is 5.11 Å². The van der Waals surface area contributed by atoms with Gasteiger partial charge in [0.15, 0.2) is 5.78 Å². The van der Waals surface area contributed by atoms with Crippen LogP contribution in [-0.4, -0.2) is 48.4 Å². The monoisotopic (exact) mass is 473 g/mol. The second kappa shape index (κ2) is 9.03. The fourth-order valence-electron chi connectivity index (χ4n) is 2.76. The number of nitro groups is 2. The zero-order chi connectivity index (χ0) is 23.6. The zero-order valence-electron chi connectivity index (χ0n) is 15.8. The predicted octanol–water partition coefficient (Wildman–Crippen LogP) is 3.02. The zero-order valence-corrected chi connectivity index (χ0v) is 17.4. The minimum atomic E-state index is -1.20. The van der Waals surface area contributed by atoms with Gasteiger partial charge in [0.2, 0.25) is 0 Å². The Hall–Kier alpha value is -3.97. The third kappa shape index (κ3) is 4.84. The van der Waals surface area contributed by atoms with Gasteiger partial charge in [-0.3, -0.25) is 39.5 Å². The lowest BCUT2D eigenvalue weighted by Gasteiger charge is -2.10. The number of hydrogen-bond acceptors (Lipinski definition) is 9. The van der Waals surface area contributed by atoms with Crippen molar-refractivity contribution in [3.8, 4) is 0 Å². The van der Waals surface area contributed by atoms with E-state index < -0.39 is 45.4 Å². The van der Waals surface area contributed by atoms with Crippen molar-refractivity contribution in [1.82, 2.24) is 4.90 Å². The first-order chi connectivity index (χ1) is 15.1. The van der Waals surface area contributed by atoms with Crippen LogP contribution < -0.4 is 0 Å². The minimum Gasteiger partial charge on any atom is -0.480 e. The fraction of sp³-hybridized carbons (Fsp3) is 0.0526. The number of thiocarbonyl (C=S) groups is 1. The molecule has 1 saturated heterocycles. The van der Waals surface area contributed by atoms with E-state index in [1.807, 2.05) is 0 Å². The summed E-state index contributed by atoms with van der Waals surface area (Å²) < 4.78 is 0.114. The van der Waals surface area contributed by atoms with Gasteiger partial charge in [-0.05, 0) is 11.6 Å². The van der Waals surface area contributed by atoms with Crippen molar-refractivity contribution in [3.63, 3.8) is 0 Å². The maximum atomic E-state index is 12.7. The first-order valence-corrected chi connectivity index (χ1v) is 9.85. The summed E-state index contributed by atoms with van der Waals surface area (Å²) in [5.74, 6) is -2.41. The summed E-state index contributed by atoms with van der Waals surface area (Å²) in [6.07, 6.45) is 1.48. The lowest BCUT2D eigenvalue weighted by atomic mass is 10.0. The van der Waals surface area contributed by atoms with Crippen LogP contribution in [0.2, 0.25) is 0 Å². The molecule has 0 atom stereocenters. The molecule has 0 aromatic heterocycles. The van der Waals surface area contributed by atoms with Gasteiger partial charge in [-0.25, -0.2) is 0 Å². The van der Waals surface area contributed by atoms with E-state index in [9.17, 15) is 34.6 Å². The number of ketones is 1. The van der Waals surface area contributed by atoms with Crippen LogP contribution in [0.15, 0.2) is 47.4 Å². The first kappa shape index (κ1) is 22.7. The number of carboxylic acids is 1. The van der Waals surface area contributed by atoms with Crippen molar-refractivity contribution >= 4 is 63.4 Å². The van der Waals surface area contributed by atoms with Crippen LogP contribution in [0.3, 0.4) is 0 Å². The Labute approximate surface area is 188 Å². The number of rotatable bonds is 7. The van der Waals surface area contributed by atoms with Crippen molar-refractivity contribution in [3.05, 3.63) is 84.3 Å². The highest BCUT2D eigenvalue weighted by atomic mass is 32.2. The van der Waals surface area contributed by atoms with Crippen LogP contribution in [0.1, 0.15) is 21.5 Å². The molecule has 1 aliphatic heterocycles. The Bertz CT molecular complexity index is 1190. The lowest BCUT2D eigenvalue weighted by Crippen LogP contribution is -2.33. The largest absolute Gasteiger partial charge is 0.480 e. The molecule has 2 aromatic rings. The van der Waals surface area contributed by atoms with E-state index in [4.69, 9.17) is 17.3 Å². The number of amides is 1. The molecule has 11 nitrogen and oxygen atoms in total. The highest BCUT2D eigenvalue weighted by molar-refractivity contribution is 8.26. The smallest absolute Gasteiger partial charge is 0.323 e. The van der Waals surface area contributed by atoms with Crippen molar-refractivity contribution in [2.24, 2.45) is 0 Å². The maximum absolute atomic E-state index is 12.7. The number of nitrogens with zero attached hydrogens (tertiary/aromatic N) is 3. The molecule has 1 amide bonds. The van der Waals surface area contributed by atoms with E-state index in [-0.39, 0.29) is 20.4 Å². The Morgan fingerprint density at radius 1 is 1.03 bits per heavy atom. The van der Waals surface area contributed by atoms with Crippen LogP contribution in [0.25, 0.3) is 6.08 Å². The topological polar surface area (TPSA) is 161 Å². The Morgan fingerprint density at radius 3 is 2.09 bits per heavy atom. The summed E-state index contributed by atoms with van der Waals surface area (Å²) >= 11 is 5.96. The minimum absolute atomic E-state index is 0.114. The summed E-state index contributed by atoms with van der Waals surface area (Å²) in [4.78, 5) is 57.4. The molecule has 3 rings (SSSR count). The quantitative estimate of drug-likeness (QED) is 0.208. The standard InChI is InChI=1S/C19H11N3O8S2/c23-16(24)9-20-18(26)15(32-19(20)31)5-10-1-3-11(4-2-10)17(25)12-6-13(21(27)28)8-14(7-12)22(29)30/h1-8H,9H2,(H,23,24). The summed E-state index contributed by atoms with van der Waals surface area (Å²) in [7, 11) is 0. The molecule has 0 bridgehead atoms. The fourth-order valence-corrected chi connectivity index (χ4v) is 4.01. The van der Waals surface area contributed by atoms with Crippen LogP contribution >= 0.6 is 24.0 Å². The molecule has 32 heavy (non-hydrogen) atoms. The molecule has 0 aliphatic carbocycles. The number of non-ortho nitro benzene ring substituents is 2. The number of carboxylic acid groups (broad SMARTS) is 1. The Kier molecular flexibility index (Phi) is 6.41. The molecule has 0 saturated carbocycles. The van der Waals surface area contributed by atoms with Gasteiger partial charge in [0.25, 0.3) is 17.3 Å². The molecule has 0 spiro atoms. The van der Waals surface area contributed by atoms with Crippen LogP contribution in [0.5, 0.6) is 0 Å². The summed E-state index contributed by atoms with van der Waals surface area (Å²) in [5.41, 5.74) is -0.740. The predicted molar refractivity (Wildman–Crippen MR) is 117 cm³/mol. The summed E-state index contributed by atoms with van der Waals surface area (Å²) in [5, 5.41) is 30.9. The van der Waals surface area contributed by atoms with Gasteiger partial charge in [0.05, 0.1) is 20.8 Å². The number of carbonyl (C=O) groups is 3. The van der Waals surface area contributed by atoms with Crippen LogP contribution in [0.4, 0.5) is 11.4 Å². The van der Waals surface area contributed by atoms with Crippen molar-refractivity contribution in [2.75, 3.05) is 6.54 Å².